The second kappa shape index (κ2) is 10.4. The fraction of sp³-hybridized carbons (Fsp3) is 0.625. The number of alkyl halides is 3. The minimum atomic E-state index is -4.43. The Labute approximate surface area is 186 Å². The Morgan fingerprint density at radius 1 is 1.34 bits per heavy atom. The number of rotatable bonds is 6. The van der Waals surface area contributed by atoms with Crippen LogP contribution in [0.2, 0.25) is 0 Å². The quantitative estimate of drug-likeness (QED) is 0.252. The van der Waals surface area contributed by atoms with Crippen molar-refractivity contribution in [3.63, 3.8) is 0 Å². The van der Waals surface area contributed by atoms with Crippen LogP contribution in [0.3, 0.4) is 0 Å². The van der Waals surface area contributed by atoms with Crippen molar-refractivity contribution >= 4 is 41.3 Å². The monoisotopic (exact) mass is 545 g/mol. The number of halogens is 4. The Balaban J connectivity index is 0.00000300. The maximum atomic E-state index is 12.6. The van der Waals surface area contributed by atoms with Gasteiger partial charge in [-0.1, -0.05) is 0 Å². The summed E-state index contributed by atoms with van der Waals surface area (Å²) in [6.45, 7) is 1.91. The highest BCUT2D eigenvalue weighted by Crippen LogP contribution is 2.29. The molecule has 0 saturated carbocycles. The number of aryl methyl sites for hydroxylation is 2. The number of fused-ring (bicyclic) bond motifs is 1. The van der Waals surface area contributed by atoms with E-state index in [1.165, 1.54) is 4.68 Å². The molecule has 2 aromatic heterocycles. The molecule has 0 spiro atoms. The van der Waals surface area contributed by atoms with Gasteiger partial charge in [-0.3, -0.25) is 9.56 Å². The van der Waals surface area contributed by atoms with Gasteiger partial charge in [-0.05, 0) is 19.3 Å². The molecule has 13 heteroatoms. The number of hydrogen-bond acceptors (Lipinski definition) is 5. The highest BCUT2D eigenvalue weighted by molar-refractivity contribution is 14.0. The lowest BCUT2D eigenvalue weighted by Crippen LogP contribution is -2.38. The van der Waals surface area contributed by atoms with Crippen LogP contribution in [0, 0.1) is 0 Å². The summed E-state index contributed by atoms with van der Waals surface area (Å²) in [5.41, 5.74) is -0.952. The summed E-state index contributed by atoms with van der Waals surface area (Å²) in [4.78, 5) is 19.9. The Hall–Kier alpha value is -1.64. The summed E-state index contributed by atoms with van der Waals surface area (Å²) in [6.07, 6.45) is -0.870. The molecule has 0 aliphatic carbocycles. The fourth-order valence-corrected chi connectivity index (χ4v) is 3.67. The van der Waals surface area contributed by atoms with Crippen LogP contribution < -0.4 is 16.3 Å². The molecule has 0 fully saturated rings. The molecular weight excluding hydrogens is 522 g/mol. The van der Waals surface area contributed by atoms with Gasteiger partial charge in [0.15, 0.2) is 11.7 Å². The van der Waals surface area contributed by atoms with E-state index in [1.54, 1.807) is 11.6 Å². The highest BCUT2D eigenvalue weighted by atomic mass is 127. The van der Waals surface area contributed by atoms with Gasteiger partial charge in [0.25, 0.3) is 0 Å². The van der Waals surface area contributed by atoms with E-state index >= 15 is 0 Å². The first kappa shape index (κ1) is 23.6. The predicted octanol–water partition coefficient (Wildman–Crippen LogP) is 2.23. The smallest absolute Gasteiger partial charge is 0.356 e. The topological polar surface area (TPSA) is 89.1 Å². The van der Waals surface area contributed by atoms with E-state index in [-0.39, 0.29) is 36.2 Å². The average molecular weight is 545 g/mol. The van der Waals surface area contributed by atoms with Gasteiger partial charge >= 0.3 is 11.9 Å². The van der Waals surface area contributed by atoms with Crippen LogP contribution in [-0.2, 0) is 32.2 Å². The molecule has 3 rings (SSSR count). The van der Waals surface area contributed by atoms with E-state index < -0.39 is 11.9 Å². The van der Waals surface area contributed by atoms with E-state index in [1.807, 2.05) is 0 Å². The Bertz CT molecular complexity index is 890. The van der Waals surface area contributed by atoms with Crippen LogP contribution in [0.25, 0.3) is 0 Å². The number of thiazole rings is 1. The maximum Gasteiger partial charge on any atom is 0.434 e. The normalized spacial score (nSPS) is 14.3. The Morgan fingerprint density at radius 3 is 2.79 bits per heavy atom. The van der Waals surface area contributed by atoms with Gasteiger partial charge in [0.05, 0.1) is 6.54 Å². The molecule has 0 unspecified atom stereocenters. The van der Waals surface area contributed by atoms with Crippen molar-refractivity contribution in [2.24, 2.45) is 4.99 Å². The second-order valence-corrected chi connectivity index (χ2v) is 7.30. The number of aliphatic imine (C=N–C) groups is 1. The van der Waals surface area contributed by atoms with Crippen molar-refractivity contribution in [1.29, 1.82) is 0 Å². The van der Waals surface area contributed by atoms with Crippen molar-refractivity contribution in [2.45, 2.75) is 51.5 Å². The average Bonchev–Trinajstić information content (AvgIpc) is 3.27. The Kier molecular flexibility index (Phi) is 8.48. The lowest BCUT2D eigenvalue weighted by Gasteiger charge is -2.10. The first-order valence-electron chi connectivity index (χ1n) is 9.01. The van der Waals surface area contributed by atoms with Gasteiger partial charge in [-0.2, -0.15) is 18.3 Å². The van der Waals surface area contributed by atoms with Gasteiger partial charge in [0.1, 0.15) is 10.8 Å². The molecule has 29 heavy (non-hydrogen) atoms. The van der Waals surface area contributed by atoms with Crippen LogP contribution >= 0.6 is 35.3 Å². The largest absolute Gasteiger partial charge is 0.434 e. The first-order valence-corrected chi connectivity index (χ1v) is 9.89. The zero-order valence-electron chi connectivity index (χ0n) is 15.8. The molecule has 2 aromatic rings. The molecule has 1 aliphatic heterocycles. The summed E-state index contributed by atoms with van der Waals surface area (Å²) in [5, 5.41) is 11.7. The molecule has 3 heterocycles. The van der Waals surface area contributed by atoms with Crippen LogP contribution in [0.15, 0.2) is 15.2 Å². The first-order chi connectivity index (χ1) is 13.4. The molecule has 8 nitrogen and oxygen atoms in total. The number of aromatic nitrogens is 4. The molecule has 0 aromatic carbocycles. The van der Waals surface area contributed by atoms with Crippen molar-refractivity contribution in [3.8, 4) is 0 Å². The lowest BCUT2D eigenvalue weighted by molar-refractivity contribution is -0.140. The molecule has 0 saturated heterocycles. The number of hydrogen-bond donors (Lipinski definition) is 2. The summed E-state index contributed by atoms with van der Waals surface area (Å²) < 4.78 is 40.9. The zero-order valence-corrected chi connectivity index (χ0v) is 19.0. The van der Waals surface area contributed by atoms with E-state index in [9.17, 15) is 18.0 Å². The van der Waals surface area contributed by atoms with E-state index in [0.717, 1.165) is 48.3 Å². The number of nitrogens with zero attached hydrogens (tertiary/aromatic N) is 5. The molecule has 2 N–H and O–H groups in total. The third-order valence-corrected chi connectivity index (χ3v) is 5.19. The van der Waals surface area contributed by atoms with Gasteiger partial charge in [0.2, 0.25) is 0 Å². The van der Waals surface area contributed by atoms with E-state index in [0.29, 0.717) is 30.5 Å². The zero-order chi connectivity index (χ0) is 20.1. The second-order valence-electron chi connectivity index (χ2n) is 6.36. The number of nitrogens with one attached hydrogen (secondary N) is 2. The Morgan fingerprint density at radius 2 is 2.14 bits per heavy atom. The van der Waals surface area contributed by atoms with Gasteiger partial charge in [0, 0.05) is 38.5 Å². The maximum absolute atomic E-state index is 12.6. The van der Waals surface area contributed by atoms with E-state index in [4.69, 9.17) is 0 Å². The van der Waals surface area contributed by atoms with Gasteiger partial charge in [-0.25, -0.2) is 14.5 Å². The third-order valence-electron chi connectivity index (χ3n) is 4.34. The van der Waals surface area contributed by atoms with E-state index in [2.05, 4.69) is 25.7 Å². The van der Waals surface area contributed by atoms with Crippen LogP contribution in [-0.4, -0.2) is 38.9 Å². The standard InChI is InChI=1S/C16H22F3N7OS.HI/c1-20-14(22-9-13-23-11(10-28-13)16(17,18)19)21-6-4-8-26-15(27)25-7-3-2-5-12(25)24-26;/h10H,2-9H2,1H3,(H2,20,21,22);1H. The SMILES string of the molecule is CN=C(NCCCn1nc2n(c1=O)CCCC2)NCc1nc(C(F)(F)F)cs1.I. The summed E-state index contributed by atoms with van der Waals surface area (Å²) >= 11 is 0.944. The van der Waals surface area contributed by atoms with Crippen LogP contribution in [0.1, 0.15) is 35.8 Å². The fourth-order valence-electron chi connectivity index (χ4n) is 2.93. The minimum absolute atomic E-state index is 0. The van der Waals surface area contributed by atoms with Crippen molar-refractivity contribution in [3.05, 3.63) is 32.4 Å². The summed E-state index contributed by atoms with van der Waals surface area (Å²) in [5.74, 6) is 1.31. The predicted molar refractivity (Wildman–Crippen MR) is 115 cm³/mol. The molecule has 1 aliphatic rings. The molecule has 0 radical (unpaired) electrons. The third kappa shape index (κ3) is 6.17. The van der Waals surface area contributed by atoms with Crippen LogP contribution in [0.5, 0.6) is 0 Å². The minimum Gasteiger partial charge on any atom is -0.356 e. The molecule has 0 atom stereocenters. The van der Waals surface area contributed by atoms with Gasteiger partial charge in [-0.15, -0.1) is 35.3 Å². The van der Waals surface area contributed by atoms with Crippen LogP contribution in [0.4, 0.5) is 13.2 Å². The highest BCUT2D eigenvalue weighted by Gasteiger charge is 2.33. The van der Waals surface area contributed by atoms with Crippen molar-refractivity contribution < 1.29 is 13.2 Å². The van der Waals surface area contributed by atoms with Crippen molar-refractivity contribution in [1.82, 2.24) is 30.0 Å². The molecular formula is C16H23F3IN7OS. The summed E-state index contributed by atoms with van der Waals surface area (Å²) in [7, 11) is 1.58. The number of guanidine groups is 1. The van der Waals surface area contributed by atoms with Gasteiger partial charge < -0.3 is 10.6 Å². The molecule has 0 amide bonds. The lowest BCUT2D eigenvalue weighted by atomic mass is 10.2. The molecule has 0 bridgehead atoms. The summed E-state index contributed by atoms with van der Waals surface area (Å²) in [6, 6.07) is 0. The molecule has 162 valence electrons. The van der Waals surface area contributed by atoms with Crippen molar-refractivity contribution in [2.75, 3.05) is 13.6 Å².